The van der Waals surface area contributed by atoms with E-state index in [0.29, 0.717) is 11.3 Å². The molecule has 3 nitrogen and oxygen atoms in total. The van der Waals surface area contributed by atoms with E-state index < -0.39 is 0 Å². The van der Waals surface area contributed by atoms with Crippen molar-refractivity contribution in [3.63, 3.8) is 0 Å². The molecular formula is C33H42O3. The Hall–Kier alpha value is -3.07. The predicted molar refractivity (Wildman–Crippen MR) is 150 cm³/mol. The standard InChI is InChI=1S/C33H42O3/c1-4-6-8-10-12-26(3)35-31-22-18-28(19-23-31)29-20-24-32(25-21-29)36-33(34)30-16-14-27(15-17-30)13-11-9-7-5-2/h14-26H,4-13H2,1-3H3. The van der Waals surface area contributed by atoms with Crippen molar-refractivity contribution >= 4 is 5.97 Å². The Kier molecular flexibility index (Phi) is 11.6. The Morgan fingerprint density at radius 3 is 1.81 bits per heavy atom. The number of carbonyl (C=O) groups is 1. The fraction of sp³-hybridized carbons (Fsp3) is 0.424. The number of ether oxygens (including phenoxy) is 2. The third-order valence-corrected chi connectivity index (χ3v) is 6.56. The summed E-state index contributed by atoms with van der Waals surface area (Å²) in [5, 5.41) is 0. The summed E-state index contributed by atoms with van der Waals surface area (Å²) >= 11 is 0. The highest BCUT2D eigenvalue weighted by Gasteiger charge is 2.10. The van der Waals surface area contributed by atoms with E-state index in [0.717, 1.165) is 29.7 Å². The first-order valence-corrected chi connectivity index (χ1v) is 13.8. The van der Waals surface area contributed by atoms with Gasteiger partial charge in [0.2, 0.25) is 0 Å². The molecular weight excluding hydrogens is 444 g/mol. The van der Waals surface area contributed by atoms with E-state index in [1.54, 1.807) is 0 Å². The van der Waals surface area contributed by atoms with Crippen LogP contribution in [0.1, 0.15) is 94.5 Å². The lowest BCUT2D eigenvalue weighted by Crippen LogP contribution is -2.11. The zero-order chi connectivity index (χ0) is 25.6. The molecule has 0 N–H and O–H groups in total. The van der Waals surface area contributed by atoms with E-state index in [1.165, 1.54) is 56.9 Å². The number of unbranched alkanes of at least 4 members (excludes halogenated alkanes) is 6. The van der Waals surface area contributed by atoms with Gasteiger partial charge in [-0.15, -0.1) is 0 Å². The molecule has 192 valence electrons. The quantitative estimate of drug-likeness (QED) is 0.122. The van der Waals surface area contributed by atoms with Gasteiger partial charge in [0, 0.05) is 0 Å². The van der Waals surface area contributed by atoms with Gasteiger partial charge < -0.3 is 9.47 Å². The summed E-state index contributed by atoms with van der Waals surface area (Å²) in [6.07, 6.45) is 12.4. The van der Waals surface area contributed by atoms with Crippen LogP contribution in [-0.4, -0.2) is 12.1 Å². The molecule has 0 radical (unpaired) electrons. The third-order valence-electron chi connectivity index (χ3n) is 6.56. The minimum Gasteiger partial charge on any atom is -0.491 e. The second-order valence-corrected chi connectivity index (χ2v) is 9.72. The fourth-order valence-corrected chi connectivity index (χ4v) is 4.32. The zero-order valence-electron chi connectivity index (χ0n) is 22.3. The van der Waals surface area contributed by atoms with Crippen LogP contribution < -0.4 is 9.47 Å². The van der Waals surface area contributed by atoms with Crippen LogP contribution in [0.3, 0.4) is 0 Å². The van der Waals surface area contributed by atoms with E-state index in [4.69, 9.17) is 9.47 Å². The Morgan fingerprint density at radius 1 is 0.667 bits per heavy atom. The van der Waals surface area contributed by atoms with Crippen molar-refractivity contribution in [2.75, 3.05) is 0 Å². The summed E-state index contributed by atoms with van der Waals surface area (Å²) in [6.45, 7) is 6.60. The van der Waals surface area contributed by atoms with E-state index in [1.807, 2.05) is 60.7 Å². The maximum atomic E-state index is 12.6. The van der Waals surface area contributed by atoms with Crippen molar-refractivity contribution in [2.45, 2.75) is 91.1 Å². The minimum atomic E-state index is -0.328. The Morgan fingerprint density at radius 2 is 1.22 bits per heavy atom. The third kappa shape index (κ3) is 9.18. The van der Waals surface area contributed by atoms with Gasteiger partial charge in [-0.05, 0) is 85.7 Å². The second-order valence-electron chi connectivity index (χ2n) is 9.72. The molecule has 0 saturated heterocycles. The summed E-state index contributed by atoms with van der Waals surface area (Å²) in [5.41, 5.74) is 4.02. The summed E-state index contributed by atoms with van der Waals surface area (Å²) in [6, 6.07) is 23.6. The van der Waals surface area contributed by atoms with Crippen molar-refractivity contribution in [2.24, 2.45) is 0 Å². The van der Waals surface area contributed by atoms with Crippen LogP contribution >= 0.6 is 0 Å². The van der Waals surface area contributed by atoms with Gasteiger partial charge in [-0.3, -0.25) is 0 Å². The number of aryl methyl sites for hydroxylation is 1. The lowest BCUT2D eigenvalue weighted by molar-refractivity contribution is 0.0734. The maximum absolute atomic E-state index is 12.6. The average Bonchev–Trinajstić information content (AvgIpc) is 2.90. The van der Waals surface area contributed by atoms with Gasteiger partial charge in [0.1, 0.15) is 11.5 Å². The molecule has 0 bridgehead atoms. The van der Waals surface area contributed by atoms with E-state index in [2.05, 4.69) is 32.9 Å². The summed E-state index contributed by atoms with van der Waals surface area (Å²) in [4.78, 5) is 12.6. The van der Waals surface area contributed by atoms with Crippen molar-refractivity contribution in [1.82, 2.24) is 0 Å². The van der Waals surface area contributed by atoms with Gasteiger partial charge in [-0.2, -0.15) is 0 Å². The molecule has 0 amide bonds. The van der Waals surface area contributed by atoms with Crippen LogP contribution in [0, 0.1) is 0 Å². The number of rotatable bonds is 15. The fourth-order valence-electron chi connectivity index (χ4n) is 4.32. The van der Waals surface area contributed by atoms with Gasteiger partial charge in [0.05, 0.1) is 11.7 Å². The molecule has 3 aromatic rings. The summed E-state index contributed by atoms with van der Waals surface area (Å²) in [7, 11) is 0. The smallest absolute Gasteiger partial charge is 0.343 e. The van der Waals surface area contributed by atoms with Crippen molar-refractivity contribution in [3.8, 4) is 22.6 Å². The van der Waals surface area contributed by atoms with Crippen molar-refractivity contribution < 1.29 is 14.3 Å². The van der Waals surface area contributed by atoms with Crippen LogP contribution in [0.4, 0.5) is 0 Å². The van der Waals surface area contributed by atoms with Gasteiger partial charge in [-0.25, -0.2) is 4.79 Å². The molecule has 0 aromatic heterocycles. The largest absolute Gasteiger partial charge is 0.491 e. The number of esters is 1. The van der Waals surface area contributed by atoms with E-state index in [9.17, 15) is 4.79 Å². The zero-order valence-corrected chi connectivity index (χ0v) is 22.3. The normalized spacial score (nSPS) is 11.8. The highest BCUT2D eigenvalue weighted by atomic mass is 16.5. The van der Waals surface area contributed by atoms with E-state index in [-0.39, 0.29) is 12.1 Å². The first-order chi connectivity index (χ1) is 17.6. The van der Waals surface area contributed by atoms with Crippen LogP contribution in [0.5, 0.6) is 11.5 Å². The lowest BCUT2D eigenvalue weighted by Gasteiger charge is -2.15. The Bertz CT molecular complexity index is 1020. The number of hydrogen-bond donors (Lipinski definition) is 0. The molecule has 0 aliphatic heterocycles. The molecule has 36 heavy (non-hydrogen) atoms. The van der Waals surface area contributed by atoms with Crippen molar-refractivity contribution in [3.05, 3.63) is 83.9 Å². The molecule has 0 aliphatic rings. The van der Waals surface area contributed by atoms with Gasteiger partial charge in [0.15, 0.2) is 0 Å². The molecule has 0 aliphatic carbocycles. The Balaban J connectivity index is 1.49. The topological polar surface area (TPSA) is 35.5 Å². The summed E-state index contributed by atoms with van der Waals surface area (Å²) in [5.74, 6) is 1.12. The molecule has 0 saturated carbocycles. The molecule has 0 fully saturated rings. The van der Waals surface area contributed by atoms with Crippen molar-refractivity contribution in [1.29, 1.82) is 0 Å². The molecule has 0 heterocycles. The van der Waals surface area contributed by atoms with Crippen LogP contribution in [0.15, 0.2) is 72.8 Å². The molecule has 3 rings (SSSR count). The maximum Gasteiger partial charge on any atom is 0.343 e. The van der Waals surface area contributed by atoms with Gasteiger partial charge in [0.25, 0.3) is 0 Å². The monoisotopic (exact) mass is 486 g/mol. The first kappa shape index (κ1) is 27.5. The second kappa shape index (κ2) is 15.1. The summed E-state index contributed by atoms with van der Waals surface area (Å²) < 4.78 is 11.7. The minimum absolute atomic E-state index is 0.226. The van der Waals surface area contributed by atoms with Crippen LogP contribution in [0.2, 0.25) is 0 Å². The van der Waals surface area contributed by atoms with Gasteiger partial charge >= 0.3 is 5.97 Å². The number of hydrogen-bond acceptors (Lipinski definition) is 3. The Labute approximate surface area is 217 Å². The van der Waals surface area contributed by atoms with Crippen LogP contribution in [0.25, 0.3) is 11.1 Å². The molecule has 1 unspecified atom stereocenters. The molecule has 3 heteroatoms. The van der Waals surface area contributed by atoms with Crippen LogP contribution in [-0.2, 0) is 6.42 Å². The number of carbonyl (C=O) groups excluding carboxylic acids is 1. The highest BCUT2D eigenvalue weighted by molar-refractivity contribution is 5.91. The average molecular weight is 487 g/mol. The lowest BCUT2D eigenvalue weighted by atomic mass is 10.0. The molecule has 3 aromatic carbocycles. The van der Waals surface area contributed by atoms with Gasteiger partial charge in [-0.1, -0.05) is 88.8 Å². The molecule has 1 atom stereocenters. The highest BCUT2D eigenvalue weighted by Crippen LogP contribution is 2.26. The van der Waals surface area contributed by atoms with E-state index >= 15 is 0 Å². The first-order valence-electron chi connectivity index (χ1n) is 13.8. The SMILES string of the molecule is CCCCCCc1ccc(C(=O)Oc2ccc(-c3ccc(OC(C)CCCCCC)cc3)cc2)cc1. The molecule has 0 spiro atoms. The number of benzene rings is 3. The predicted octanol–water partition coefficient (Wildman–Crippen LogP) is 9.43.